The van der Waals surface area contributed by atoms with Crippen LogP contribution < -0.4 is 9.47 Å². The minimum Gasteiger partial charge on any atom is -0.454 e. The average Bonchev–Trinajstić information content (AvgIpc) is 2.62. The van der Waals surface area contributed by atoms with Crippen LogP contribution in [0, 0.1) is 0 Å². The zero-order valence-corrected chi connectivity index (χ0v) is 8.86. The molecule has 0 aromatic heterocycles. The van der Waals surface area contributed by atoms with Crippen molar-refractivity contribution in [3.05, 3.63) is 35.4 Å². The Kier molecular flexibility index (Phi) is 2.64. The molecule has 1 aliphatic heterocycles. The zero-order valence-electron chi connectivity index (χ0n) is 8.86. The molecular formula is C12H14O3. The SMILES string of the molecule is CC(C)=CC(O)c1ccc2c(c1)OCO2. The maximum absolute atomic E-state index is 9.85. The minimum atomic E-state index is -0.579. The van der Waals surface area contributed by atoms with Crippen molar-refractivity contribution < 1.29 is 14.6 Å². The van der Waals surface area contributed by atoms with E-state index in [9.17, 15) is 5.11 Å². The highest BCUT2D eigenvalue weighted by atomic mass is 16.7. The van der Waals surface area contributed by atoms with Crippen LogP contribution in [0.2, 0.25) is 0 Å². The Morgan fingerprint density at radius 2 is 2.07 bits per heavy atom. The van der Waals surface area contributed by atoms with Crippen LogP contribution in [0.4, 0.5) is 0 Å². The molecule has 2 rings (SSSR count). The van der Waals surface area contributed by atoms with Crippen LogP contribution in [0.3, 0.4) is 0 Å². The predicted molar refractivity (Wildman–Crippen MR) is 57.0 cm³/mol. The quantitative estimate of drug-likeness (QED) is 0.755. The van der Waals surface area contributed by atoms with E-state index in [1.807, 2.05) is 32.0 Å². The van der Waals surface area contributed by atoms with Gasteiger partial charge in [0.05, 0.1) is 6.10 Å². The van der Waals surface area contributed by atoms with E-state index in [4.69, 9.17) is 9.47 Å². The van der Waals surface area contributed by atoms with Gasteiger partial charge in [0.15, 0.2) is 11.5 Å². The second-order valence-corrected chi connectivity index (χ2v) is 3.80. The van der Waals surface area contributed by atoms with E-state index in [-0.39, 0.29) is 6.79 Å². The standard InChI is InChI=1S/C12H14O3/c1-8(2)5-10(13)9-3-4-11-12(6-9)15-7-14-11/h3-6,10,13H,7H2,1-2H3. The second-order valence-electron chi connectivity index (χ2n) is 3.80. The van der Waals surface area contributed by atoms with Crippen molar-refractivity contribution >= 4 is 0 Å². The third-order valence-corrected chi connectivity index (χ3v) is 2.23. The molecule has 0 spiro atoms. The first-order valence-corrected chi connectivity index (χ1v) is 4.89. The van der Waals surface area contributed by atoms with E-state index < -0.39 is 6.10 Å². The summed E-state index contributed by atoms with van der Waals surface area (Å²) in [4.78, 5) is 0. The highest BCUT2D eigenvalue weighted by molar-refractivity contribution is 5.45. The topological polar surface area (TPSA) is 38.7 Å². The minimum absolute atomic E-state index is 0.261. The van der Waals surface area contributed by atoms with Gasteiger partial charge in [-0.2, -0.15) is 0 Å². The lowest BCUT2D eigenvalue weighted by Gasteiger charge is -2.07. The van der Waals surface area contributed by atoms with E-state index in [2.05, 4.69) is 0 Å². The second kappa shape index (κ2) is 3.95. The van der Waals surface area contributed by atoms with E-state index in [1.165, 1.54) is 0 Å². The van der Waals surface area contributed by atoms with Gasteiger partial charge in [-0.1, -0.05) is 17.7 Å². The van der Waals surface area contributed by atoms with Crippen molar-refractivity contribution in [3.8, 4) is 11.5 Å². The molecule has 1 heterocycles. The van der Waals surface area contributed by atoms with Gasteiger partial charge in [0.1, 0.15) is 0 Å². The summed E-state index contributed by atoms with van der Waals surface area (Å²) in [6.45, 7) is 4.17. The molecule has 1 N–H and O–H groups in total. The van der Waals surface area contributed by atoms with Crippen molar-refractivity contribution in [3.63, 3.8) is 0 Å². The van der Waals surface area contributed by atoms with Gasteiger partial charge in [-0.25, -0.2) is 0 Å². The predicted octanol–water partition coefficient (Wildman–Crippen LogP) is 2.41. The highest BCUT2D eigenvalue weighted by Gasteiger charge is 2.15. The van der Waals surface area contributed by atoms with Crippen molar-refractivity contribution in [2.75, 3.05) is 6.79 Å². The Labute approximate surface area is 88.9 Å². The van der Waals surface area contributed by atoms with E-state index in [0.717, 1.165) is 16.9 Å². The molecule has 3 heteroatoms. The summed E-state index contributed by atoms with van der Waals surface area (Å²) in [6.07, 6.45) is 1.22. The van der Waals surface area contributed by atoms with Gasteiger partial charge in [-0.3, -0.25) is 0 Å². The molecule has 0 saturated heterocycles. The van der Waals surface area contributed by atoms with Crippen LogP contribution in [0.25, 0.3) is 0 Å². The average molecular weight is 206 g/mol. The van der Waals surface area contributed by atoms with Crippen LogP contribution in [0.15, 0.2) is 29.8 Å². The lowest BCUT2D eigenvalue weighted by atomic mass is 10.1. The number of hydrogen-bond donors (Lipinski definition) is 1. The number of rotatable bonds is 2. The molecule has 80 valence electrons. The van der Waals surface area contributed by atoms with Gasteiger partial charge < -0.3 is 14.6 Å². The number of benzene rings is 1. The van der Waals surface area contributed by atoms with Crippen molar-refractivity contribution in [1.82, 2.24) is 0 Å². The van der Waals surface area contributed by atoms with E-state index in [0.29, 0.717) is 5.75 Å². The smallest absolute Gasteiger partial charge is 0.231 e. The molecule has 0 aliphatic carbocycles. The molecule has 0 bridgehead atoms. The maximum atomic E-state index is 9.85. The molecule has 1 aliphatic rings. The molecule has 1 aromatic rings. The summed E-state index contributed by atoms with van der Waals surface area (Å²) >= 11 is 0. The summed E-state index contributed by atoms with van der Waals surface area (Å²) in [7, 11) is 0. The van der Waals surface area contributed by atoms with Crippen LogP contribution in [0.5, 0.6) is 11.5 Å². The van der Waals surface area contributed by atoms with Gasteiger partial charge in [0.2, 0.25) is 6.79 Å². The van der Waals surface area contributed by atoms with Gasteiger partial charge in [-0.05, 0) is 31.5 Å². The molecule has 1 aromatic carbocycles. The summed E-state index contributed by atoms with van der Waals surface area (Å²) < 4.78 is 10.4. The first kappa shape index (κ1) is 10.1. The lowest BCUT2D eigenvalue weighted by molar-refractivity contribution is 0.173. The number of ether oxygens (including phenoxy) is 2. The van der Waals surface area contributed by atoms with Gasteiger partial charge in [0, 0.05) is 0 Å². The Morgan fingerprint density at radius 1 is 1.33 bits per heavy atom. The Balaban J connectivity index is 2.26. The van der Waals surface area contributed by atoms with Gasteiger partial charge in [-0.15, -0.1) is 0 Å². The fourth-order valence-electron chi connectivity index (χ4n) is 1.51. The zero-order chi connectivity index (χ0) is 10.8. The monoisotopic (exact) mass is 206 g/mol. The summed E-state index contributed by atoms with van der Waals surface area (Å²) in [5.74, 6) is 1.44. The number of fused-ring (bicyclic) bond motifs is 1. The van der Waals surface area contributed by atoms with Crippen molar-refractivity contribution in [2.45, 2.75) is 20.0 Å². The molecule has 0 amide bonds. The molecule has 3 nitrogen and oxygen atoms in total. The number of allylic oxidation sites excluding steroid dienone is 1. The third-order valence-electron chi connectivity index (χ3n) is 2.23. The normalized spacial score (nSPS) is 14.9. The van der Waals surface area contributed by atoms with Gasteiger partial charge in [0.25, 0.3) is 0 Å². The first-order chi connectivity index (χ1) is 7.16. The van der Waals surface area contributed by atoms with Crippen LogP contribution in [-0.4, -0.2) is 11.9 Å². The van der Waals surface area contributed by atoms with Crippen LogP contribution >= 0.6 is 0 Å². The third kappa shape index (κ3) is 2.13. The Morgan fingerprint density at radius 3 is 2.80 bits per heavy atom. The molecule has 1 unspecified atom stereocenters. The van der Waals surface area contributed by atoms with Gasteiger partial charge >= 0.3 is 0 Å². The number of hydrogen-bond acceptors (Lipinski definition) is 3. The molecule has 0 fully saturated rings. The number of aliphatic hydroxyl groups is 1. The largest absolute Gasteiger partial charge is 0.454 e. The fraction of sp³-hybridized carbons (Fsp3) is 0.333. The molecule has 0 radical (unpaired) electrons. The number of aliphatic hydroxyl groups excluding tert-OH is 1. The summed E-state index contributed by atoms with van der Waals surface area (Å²) in [5, 5.41) is 9.85. The Hall–Kier alpha value is -1.48. The van der Waals surface area contributed by atoms with Crippen molar-refractivity contribution in [2.24, 2.45) is 0 Å². The van der Waals surface area contributed by atoms with Crippen molar-refractivity contribution in [1.29, 1.82) is 0 Å². The highest BCUT2D eigenvalue weighted by Crippen LogP contribution is 2.34. The van der Waals surface area contributed by atoms with Crippen LogP contribution in [0.1, 0.15) is 25.5 Å². The van der Waals surface area contributed by atoms with E-state index >= 15 is 0 Å². The molecule has 1 atom stereocenters. The van der Waals surface area contributed by atoms with Crippen LogP contribution in [-0.2, 0) is 0 Å². The first-order valence-electron chi connectivity index (χ1n) is 4.89. The molecule has 0 saturated carbocycles. The maximum Gasteiger partial charge on any atom is 0.231 e. The summed E-state index contributed by atoms with van der Waals surface area (Å²) in [6, 6.07) is 5.48. The fourth-order valence-corrected chi connectivity index (χ4v) is 1.51. The lowest BCUT2D eigenvalue weighted by Crippen LogP contribution is -1.94. The summed E-state index contributed by atoms with van der Waals surface area (Å²) in [5.41, 5.74) is 1.90. The molecular weight excluding hydrogens is 192 g/mol. The Bertz CT molecular complexity index is 392. The molecule has 15 heavy (non-hydrogen) atoms. The van der Waals surface area contributed by atoms with E-state index in [1.54, 1.807) is 6.08 Å².